The summed E-state index contributed by atoms with van der Waals surface area (Å²) >= 11 is 5.97. The van der Waals surface area contributed by atoms with Crippen LogP contribution in [0.15, 0.2) is 47.5 Å². The van der Waals surface area contributed by atoms with Crippen LogP contribution in [0.2, 0.25) is 5.02 Å². The van der Waals surface area contributed by atoms with Crippen molar-refractivity contribution in [2.45, 2.75) is 31.1 Å². The molecule has 4 rings (SSSR count). The van der Waals surface area contributed by atoms with Crippen molar-refractivity contribution in [1.29, 1.82) is 0 Å². The van der Waals surface area contributed by atoms with E-state index in [9.17, 15) is 18.0 Å². The summed E-state index contributed by atoms with van der Waals surface area (Å²) in [7, 11) is -3.43. The fraction of sp³-hybridized carbons (Fsp3) is 0.333. The zero-order valence-corrected chi connectivity index (χ0v) is 19.1. The largest absolute Gasteiger partial charge is 0.348 e. The zero-order valence-electron chi connectivity index (χ0n) is 20.5. The van der Waals surface area contributed by atoms with Crippen molar-refractivity contribution >= 4 is 27.5 Å². The Morgan fingerprint density at radius 1 is 1.33 bits per heavy atom. The predicted molar refractivity (Wildman–Crippen MR) is 124 cm³/mol. The summed E-state index contributed by atoms with van der Waals surface area (Å²) < 4.78 is 50.7. The van der Waals surface area contributed by atoms with Crippen LogP contribution in [0.25, 0.3) is 16.9 Å². The van der Waals surface area contributed by atoms with E-state index in [2.05, 4.69) is 20.2 Å². The average molecular weight is 494 g/mol. The molecule has 0 aliphatic heterocycles. The Kier molecular flexibility index (Phi) is 5.35. The predicted octanol–water partition coefficient (Wildman–Crippen LogP) is 1.49. The lowest BCUT2D eigenvalue weighted by Gasteiger charge is -2.15. The lowest BCUT2D eigenvalue weighted by Crippen LogP contribution is -2.44. The Morgan fingerprint density at radius 2 is 2.06 bits per heavy atom. The van der Waals surface area contributed by atoms with E-state index >= 15 is 0 Å². The van der Waals surface area contributed by atoms with Crippen LogP contribution in [0.4, 0.5) is 0 Å². The third-order valence-electron chi connectivity index (χ3n) is 5.04. The number of aromatic nitrogens is 4. The van der Waals surface area contributed by atoms with E-state index < -0.39 is 39.8 Å². The second kappa shape index (κ2) is 9.08. The maximum absolute atomic E-state index is 13.2. The summed E-state index contributed by atoms with van der Waals surface area (Å²) in [4.78, 5) is 26.3. The van der Waals surface area contributed by atoms with Crippen molar-refractivity contribution in [3.8, 4) is 16.9 Å². The van der Waals surface area contributed by atoms with Gasteiger partial charge in [0.1, 0.15) is 11.3 Å². The smallest absolute Gasteiger partial charge is 0.284 e. The fourth-order valence-electron chi connectivity index (χ4n) is 3.11. The van der Waals surface area contributed by atoms with Crippen molar-refractivity contribution in [3.05, 3.63) is 63.7 Å². The maximum Gasteiger partial charge on any atom is 0.284 e. The highest BCUT2D eigenvalue weighted by molar-refractivity contribution is 7.90. The number of benzene rings is 1. The molecule has 1 aliphatic carbocycles. The van der Waals surface area contributed by atoms with Crippen molar-refractivity contribution in [1.82, 2.24) is 29.6 Å². The number of nitrogens with one attached hydrogen (secondary N) is 2. The van der Waals surface area contributed by atoms with E-state index in [1.54, 1.807) is 31.2 Å². The molecule has 3 aromatic rings. The molecule has 1 fully saturated rings. The Balaban J connectivity index is 1.67. The normalized spacial score (nSPS) is 16.5. The van der Waals surface area contributed by atoms with E-state index in [1.807, 2.05) is 0 Å². The minimum Gasteiger partial charge on any atom is -0.348 e. The molecular formula is C21H23ClN6O4S. The fourth-order valence-corrected chi connectivity index (χ4v) is 4.71. The Morgan fingerprint density at radius 3 is 2.70 bits per heavy atom. The van der Waals surface area contributed by atoms with Gasteiger partial charge in [-0.25, -0.2) is 13.1 Å². The molecule has 0 saturated heterocycles. The van der Waals surface area contributed by atoms with E-state index in [-0.39, 0.29) is 23.5 Å². The van der Waals surface area contributed by atoms with Gasteiger partial charge in [0.25, 0.3) is 11.5 Å². The molecule has 0 bridgehead atoms. The van der Waals surface area contributed by atoms with Gasteiger partial charge in [0, 0.05) is 34.3 Å². The van der Waals surface area contributed by atoms with Gasteiger partial charge in [-0.1, -0.05) is 23.7 Å². The molecule has 1 atom stereocenters. The van der Waals surface area contributed by atoms with E-state index in [0.717, 1.165) is 17.1 Å². The van der Waals surface area contributed by atoms with Gasteiger partial charge in [0.05, 0.1) is 23.3 Å². The van der Waals surface area contributed by atoms with Crippen LogP contribution in [0.5, 0.6) is 0 Å². The van der Waals surface area contributed by atoms with Crippen molar-refractivity contribution in [3.63, 3.8) is 0 Å². The summed E-state index contributed by atoms with van der Waals surface area (Å²) in [6.07, 6.45) is 3.50. The summed E-state index contributed by atoms with van der Waals surface area (Å²) in [6, 6.07) is 7.24. The molecule has 0 radical (unpaired) electrons. The first-order chi connectivity index (χ1) is 16.8. The quantitative estimate of drug-likeness (QED) is 0.489. The van der Waals surface area contributed by atoms with Crippen LogP contribution in [0, 0.1) is 0 Å². The Labute approximate surface area is 199 Å². The molecular weight excluding hydrogens is 468 g/mol. The Bertz CT molecular complexity index is 1450. The van der Waals surface area contributed by atoms with Gasteiger partial charge in [0.2, 0.25) is 10.0 Å². The van der Waals surface area contributed by atoms with Crippen molar-refractivity contribution in [2.24, 2.45) is 6.98 Å². The monoisotopic (exact) mass is 493 g/mol. The lowest BCUT2D eigenvalue weighted by molar-refractivity contribution is 0.0938. The second-order valence-electron chi connectivity index (χ2n) is 7.78. The molecule has 1 saturated carbocycles. The molecule has 2 N–H and O–H groups in total. The number of hydrogen-bond donors (Lipinski definition) is 2. The summed E-state index contributed by atoms with van der Waals surface area (Å²) in [5, 5.41) is 10.8. The topological polar surface area (TPSA) is 128 Å². The molecule has 174 valence electrons. The van der Waals surface area contributed by atoms with E-state index in [1.165, 1.54) is 6.07 Å². The first kappa shape index (κ1) is 19.4. The Hall–Kier alpha value is -3.02. The van der Waals surface area contributed by atoms with Crippen LogP contribution in [0.1, 0.15) is 34.2 Å². The molecule has 2 heterocycles. The summed E-state index contributed by atoms with van der Waals surface area (Å²) in [5.41, 5.74) is -0.225. The van der Waals surface area contributed by atoms with Crippen LogP contribution < -0.4 is 15.6 Å². The van der Waals surface area contributed by atoms with Gasteiger partial charge < -0.3 is 5.32 Å². The second-order valence-corrected chi connectivity index (χ2v) is 10.3. The van der Waals surface area contributed by atoms with Gasteiger partial charge in [-0.2, -0.15) is 14.9 Å². The molecule has 0 unspecified atom stereocenters. The van der Waals surface area contributed by atoms with Gasteiger partial charge in [-0.3, -0.25) is 14.3 Å². The van der Waals surface area contributed by atoms with Gasteiger partial charge in [0.15, 0.2) is 0 Å². The average Bonchev–Trinajstić information content (AvgIpc) is 3.55. The molecule has 12 heteroatoms. The number of nitrogens with zero attached hydrogens (tertiary/aromatic N) is 4. The minimum absolute atomic E-state index is 0.0424. The molecule has 10 nitrogen and oxygen atoms in total. The molecule has 33 heavy (non-hydrogen) atoms. The number of amides is 1. The van der Waals surface area contributed by atoms with Crippen molar-refractivity contribution < 1.29 is 17.3 Å². The summed E-state index contributed by atoms with van der Waals surface area (Å²) in [6.45, 7) is -1.01. The van der Waals surface area contributed by atoms with Crippen LogP contribution >= 0.6 is 11.6 Å². The number of hydrogen-bond acceptors (Lipinski definition) is 6. The van der Waals surface area contributed by atoms with Crippen molar-refractivity contribution in [2.75, 3.05) is 6.54 Å². The third-order valence-corrected chi connectivity index (χ3v) is 7.21. The SMILES string of the molecule is [2H]C([2H])([2H])n1cc(-n2nc(-c3ccc(Cl)cc3)cc(C(=O)N[C@@H](C)CNS(=O)(=O)C3CC3)c2=O)cn1. The third kappa shape index (κ3) is 5.32. The highest BCUT2D eigenvalue weighted by Gasteiger charge is 2.35. The molecule has 0 spiro atoms. The number of carbonyl (C=O) groups is 1. The number of halogens is 1. The standard InChI is InChI=1S/C21H23ClN6O4S/c1-13(10-24-33(31,32)17-7-8-17)25-20(29)18-9-19(14-3-5-15(22)6-4-14)26-28(21(18)30)16-11-23-27(2)12-16/h3-6,9,11-13,17,24H,7-8,10H2,1-2H3,(H,25,29)/t13-/m0/s1/i2D3. The molecule has 1 aliphatic rings. The van der Waals surface area contributed by atoms with E-state index in [4.69, 9.17) is 15.7 Å². The summed E-state index contributed by atoms with van der Waals surface area (Å²) in [5.74, 6) is -0.743. The first-order valence-electron chi connectivity index (χ1n) is 11.6. The zero-order chi connectivity index (χ0) is 26.3. The van der Waals surface area contributed by atoms with E-state index in [0.29, 0.717) is 28.1 Å². The molecule has 1 aromatic carbocycles. The number of rotatable bonds is 8. The molecule has 1 amide bonds. The van der Waals surface area contributed by atoms with Crippen LogP contribution in [0.3, 0.4) is 0 Å². The highest BCUT2D eigenvalue weighted by atomic mass is 35.5. The maximum atomic E-state index is 13.2. The number of aryl methyl sites for hydroxylation is 1. The minimum atomic E-state index is -3.43. The van der Waals surface area contributed by atoms with Gasteiger partial charge in [-0.15, -0.1) is 0 Å². The lowest BCUT2D eigenvalue weighted by atomic mass is 10.1. The van der Waals surface area contributed by atoms with Crippen LogP contribution in [-0.4, -0.2) is 51.7 Å². The first-order valence-corrected chi connectivity index (χ1v) is 12.0. The van der Waals surface area contributed by atoms with Crippen LogP contribution in [-0.2, 0) is 17.0 Å². The highest BCUT2D eigenvalue weighted by Crippen LogP contribution is 2.27. The van der Waals surface area contributed by atoms with Gasteiger partial charge in [-0.05, 0) is 38.0 Å². The number of sulfonamides is 1. The number of carbonyl (C=O) groups excluding carboxylic acids is 1. The van der Waals surface area contributed by atoms with Gasteiger partial charge >= 0.3 is 0 Å². The molecule has 2 aromatic heterocycles.